The van der Waals surface area contributed by atoms with Crippen LogP contribution in [0.1, 0.15) is 23.7 Å². The summed E-state index contributed by atoms with van der Waals surface area (Å²) in [5.41, 5.74) is 0.447. The van der Waals surface area contributed by atoms with Crippen molar-refractivity contribution >= 4 is 37.7 Å². The Kier molecular flexibility index (Phi) is 7.06. The lowest BCUT2D eigenvalue weighted by molar-refractivity contribution is 0.0954. The van der Waals surface area contributed by atoms with Gasteiger partial charge in [0, 0.05) is 30.3 Å². The zero-order valence-electron chi connectivity index (χ0n) is 11.9. The molecule has 0 saturated carbocycles. The van der Waals surface area contributed by atoms with Crippen LogP contribution in [0.2, 0.25) is 0 Å². The Labute approximate surface area is 133 Å². The maximum Gasteiger partial charge on any atom is 0.255 e. The topological polar surface area (TPSA) is 100 Å². The zero-order valence-corrected chi connectivity index (χ0v) is 14.3. The Balaban J connectivity index is 2.53. The highest BCUT2D eigenvalue weighted by molar-refractivity contribution is 9.10. The first-order valence-corrected chi connectivity index (χ1v) is 9.14. The first-order valence-electron chi connectivity index (χ1n) is 6.45. The molecular weight excluding hydrogens is 360 g/mol. The van der Waals surface area contributed by atoms with Gasteiger partial charge in [-0.25, -0.2) is 18.1 Å². The third-order valence-electron chi connectivity index (χ3n) is 2.45. The van der Waals surface area contributed by atoms with Crippen molar-refractivity contribution in [1.29, 1.82) is 0 Å². The van der Waals surface area contributed by atoms with Gasteiger partial charge in [-0.3, -0.25) is 4.79 Å². The highest BCUT2D eigenvalue weighted by Crippen LogP contribution is 2.17. The molecule has 1 heterocycles. The molecule has 0 fully saturated rings. The lowest BCUT2D eigenvalue weighted by Crippen LogP contribution is -2.30. The smallest absolute Gasteiger partial charge is 0.255 e. The summed E-state index contributed by atoms with van der Waals surface area (Å²) in [7, 11) is -3.19. The van der Waals surface area contributed by atoms with E-state index in [1.807, 2.05) is 6.92 Å². The molecule has 3 N–H and O–H groups in total. The molecular formula is C12H19BrN4O3S. The summed E-state index contributed by atoms with van der Waals surface area (Å²) in [4.78, 5) is 16.3. The third kappa shape index (κ3) is 6.87. The van der Waals surface area contributed by atoms with Gasteiger partial charge in [0.2, 0.25) is 10.0 Å². The molecule has 1 amide bonds. The van der Waals surface area contributed by atoms with Gasteiger partial charge in [-0.2, -0.15) is 0 Å². The number of nitrogens with one attached hydrogen (secondary N) is 3. The van der Waals surface area contributed by atoms with E-state index in [-0.39, 0.29) is 12.5 Å². The van der Waals surface area contributed by atoms with Gasteiger partial charge >= 0.3 is 0 Å². The molecule has 0 unspecified atom stereocenters. The van der Waals surface area contributed by atoms with E-state index in [0.29, 0.717) is 35.4 Å². The first kappa shape index (κ1) is 17.9. The van der Waals surface area contributed by atoms with Crippen LogP contribution in [0.3, 0.4) is 0 Å². The second kappa shape index (κ2) is 8.30. The summed E-state index contributed by atoms with van der Waals surface area (Å²) < 4.78 is 24.8. The minimum Gasteiger partial charge on any atom is -0.370 e. The van der Waals surface area contributed by atoms with Crippen LogP contribution >= 0.6 is 15.9 Å². The van der Waals surface area contributed by atoms with Crippen LogP contribution in [0.25, 0.3) is 0 Å². The molecule has 21 heavy (non-hydrogen) atoms. The van der Waals surface area contributed by atoms with E-state index in [1.54, 1.807) is 12.3 Å². The standard InChI is InChI=1S/C12H19BrN4O3S/c1-3-14-11-10(7-9(13)8-16-11)12(18)15-5-4-6-17-21(2,19)20/h7-8,17H,3-6H2,1-2H3,(H,14,16)(H,15,18). The Morgan fingerprint density at radius 1 is 1.38 bits per heavy atom. The molecule has 0 aliphatic carbocycles. The fraction of sp³-hybridized carbons (Fsp3) is 0.500. The number of amides is 1. The molecule has 0 aliphatic rings. The van der Waals surface area contributed by atoms with E-state index < -0.39 is 10.0 Å². The number of pyridine rings is 1. The van der Waals surface area contributed by atoms with Gasteiger partial charge in [0.1, 0.15) is 5.82 Å². The lowest BCUT2D eigenvalue weighted by Gasteiger charge is -2.10. The zero-order chi connectivity index (χ0) is 15.9. The number of anilines is 1. The molecule has 7 nitrogen and oxygen atoms in total. The second-order valence-corrected chi connectivity index (χ2v) is 7.10. The molecule has 9 heteroatoms. The van der Waals surface area contributed by atoms with Crippen molar-refractivity contribution in [2.75, 3.05) is 31.2 Å². The van der Waals surface area contributed by atoms with Crippen LogP contribution in [0, 0.1) is 0 Å². The van der Waals surface area contributed by atoms with E-state index in [4.69, 9.17) is 0 Å². The minimum atomic E-state index is -3.19. The molecule has 1 rings (SSSR count). The molecule has 0 aliphatic heterocycles. The monoisotopic (exact) mass is 378 g/mol. The molecule has 0 radical (unpaired) electrons. The van der Waals surface area contributed by atoms with Crippen molar-refractivity contribution in [2.45, 2.75) is 13.3 Å². The number of halogens is 1. The molecule has 118 valence electrons. The van der Waals surface area contributed by atoms with Gasteiger partial charge in [0.05, 0.1) is 11.8 Å². The predicted molar refractivity (Wildman–Crippen MR) is 85.9 cm³/mol. The van der Waals surface area contributed by atoms with Crippen LogP contribution in [0.4, 0.5) is 5.82 Å². The van der Waals surface area contributed by atoms with Crippen molar-refractivity contribution in [3.8, 4) is 0 Å². The lowest BCUT2D eigenvalue weighted by atomic mass is 10.2. The number of hydrogen-bond donors (Lipinski definition) is 3. The van der Waals surface area contributed by atoms with Gasteiger partial charge < -0.3 is 10.6 Å². The predicted octanol–water partition coefficient (Wildman–Crippen LogP) is 0.945. The maximum atomic E-state index is 12.1. The maximum absolute atomic E-state index is 12.1. The van der Waals surface area contributed by atoms with Crippen LogP contribution in [0.15, 0.2) is 16.7 Å². The molecule has 0 aromatic carbocycles. The van der Waals surface area contributed by atoms with Crippen molar-refractivity contribution in [3.63, 3.8) is 0 Å². The second-order valence-electron chi connectivity index (χ2n) is 4.36. The number of aromatic nitrogens is 1. The summed E-state index contributed by atoms with van der Waals surface area (Å²) in [6.45, 7) is 3.24. The molecule has 0 saturated heterocycles. The summed E-state index contributed by atoms with van der Waals surface area (Å²) >= 11 is 3.28. The van der Waals surface area contributed by atoms with Gasteiger partial charge in [-0.05, 0) is 35.3 Å². The Morgan fingerprint density at radius 2 is 2.10 bits per heavy atom. The van der Waals surface area contributed by atoms with E-state index in [1.165, 1.54) is 0 Å². The summed E-state index contributed by atoms with van der Waals surface area (Å²) in [5, 5.41) is 5.76. The van der Waals surface area contributed by atoms with Gasteiger partial charge in [0.15, 0.2) is 0 Å². The van der Waals surface area contributed by atoms with Crippen molar-refractivity contribution in [1.82, 2.24) is 15.0 Å². The van der Waals surface area contributed by atoms with E-state index in [2.05, 4.69) is 36.3 Å². The normalized spacial score (nSPS) is 11.2. The fourth-order valence-corrected chi connectivity index (χ4v) is 2.41. The number of carbonyl (C=O) groups is 1. The number of hydrogen-bond acceptors (Lipinski definition) is 5. The number of carbonyl (C=O) groups excluding carboxylic acids is 1. The Bertz CT molecular complexity index is 592. The van der Waals surface area contributed by atoms with Crippen LogP contribution < -0.4 is 15.4 Å². The average Bonchev–Trinajstić information content (AvgIpc) is 2.39. The van der Waals surface area contributed by atoms with E-state index >= 15 is 0 Å². The van der Waals surface area contributed by atoms with Crippen molar-refractivity contribution < 1.29 is 13.2 Å². The Morgan fingerprint density at radius 3 is 2.71 bits per heavy atom. The van der Waals surface area contributed by atoms with Crippen molar-refractivity contribution in [2.24, 2.45) is 0 Å². The van der Waals surface area contributed by atoms with E-state index in [0.717, 1.165) is 6.26 Å². The number of sulfonamides is 1. The summed E-state index contributed by atoms with van der Waals surface area (Å²) in [6.07, 6.45) is 3.23. The van der Waals surface area contributed by atoms with Crippen LogP contribution in [0.5, 0.6) is 0 Å². The minimum absolute atomic E-state index is 0.251. The van der Waals surface area contributed by atoms with Gasteiger partial charge in [-0.15, -0.1) is 0 Å². The van der Waals surface area contributed by atoms with Crippen LogP contribution in [-0.4, -0.2) is 45.2 Å². The molecule has 0 spiro atoms. The highest BCUT2D eigenvalue weighted by atomic mass is 79.9. The molecule has 0 bridgehead atoms. The number of rotatable bonds is 8. The molecule has 1 aromatic heterocycles. The fourth-order valence-electron chi connectivity index (χ4n) is 1.56. The average molecular weight is 379 g/mol. The highest BCUT2D eigenvalue weighted by Gasteiger charge is 2.12. The van der Waals surface area contributed by atoms with E-state index in [9.17, 15) is 13.2 Å². The first-order chi connectivity index (χ1) is 9.83. The van der Waals surface area contributed by atoms with Crippen molar-refractivity contribution in [3.05, 3.63) is 22.3 Å². The SMILES string of the molecule is CCNc1ncc(Br)cc1C(=O)NCCCNS(C)(=O)=O. The summed E-state index contributed by atoms with van der Waals surface area (Å²) in [6, 6.07) is 1.69. The number of nitrogens with zero attached hydrogens (tertiary/aromatic N) is 1. The Hall–Kier alpha value is -1.19. The van der Waals surface area contributed by atoms with Gasteiger partial charge in [-0.1, -0.05) is 0 Å². The molecule has 0 atom stereocenters. The van der Waals surface area contributed by atoms with Gasteiger partial charge in [0.25, 0.3) is 5.91 Å². The summed E-state index contributed by atoms with van der Waals surface area (Å²) in [5.74, 6) is 0.270. The quantitative estimate of drug-likeness (QED) is 0.584. The third-order valence-corrected chi connectivity index (χ3v) is 3.61. The van der Waals surface area contributed by atoms with Crippen LogP contribution in [-0.2, 0) is 10.0 Å². The molecule has 1 aromatic rings. The largest absolute Gasteiger partial charge is 0.370 e.